The normalized spacial score (nSPS) is 15.6. The van der Waals surface area contributed by atoms with Gasteiger partial charge in [0, 0.05) is 37.1 Å². The summed E-state index contributed by atoms with van der Waals surface area (Å²) < 4.78 is 0. The van der Waals surface area contributed by atoms with Crippen molar-refractivity contribution in [3.63, 3.8) is 0 Å². The molecular weight excluding hydrogens is 338 g/mol. The van der Waals surface area contributed by atoms with Crippen LogP contribution in [0.25, 0.3) is 0 Å². The summed E-state index contributed by atoms with van der Waals surface area (Å²) >= 11 is 0. The summed E-state index contributed by atoms with van der Waals surface area (Å²) in [7, 11) is 0. The van der Waals surface area contributed by atoms with Crippen LogP contribution in [0.1, 0.15) is 40.2 Å². The molecule has 0 bridgehead atoms. The van der Waals surface area contributed by atoms with Gasteiger partial charge in [-0.3, -0.25) is 9.59 Å². The SMILES string of the molecule is Cc1cc(=O)c(C(=O)N2CCCN(CCCc3ccccc3)CC2)c(C)[nH]1. The lowest BCUT2D eigenvalue weighted by Crippen LogP contribution is -2.38. The van der Waals surface area contributed by atoms with Crippen LogP contribution < -0.4 is 5.43 Å². The molecule has 3 rings (SSSR count). The first-order valence-electron chi connectivity index (χ1n) is 9.80. The minimum atomic E-state index is -0.183. The molecule has 1 fully saturated rings. The molecule has 1 aromatic heterocycles. The summed E-state index contributed by atoms with van der Waals surface area (Å²) in [6, 6.07) is 12.1. The van der Waals surface area contributed by atoms with Gasteiger partial charge in [-0.05, 0) is 51.8 Å². The van der Waals surface area contributed by atoms with Crippen LogP contribution in [0, 0.1) is 13.8 Å². The average molecular weight is 367 g/mol. The zero-order valence-corrected chi connectivity index (χ0v) is 16.3. The molecule has 5 heteroatoms. The zero-order chi connectivity index (χ0) is 19.2. The number of hydrogen-bond acceptors (Lipinski definition) is 3. The maximum atomic E-state index is 12.9. The molecule has 1 aliphatic rings. The Kier molecular flexibility index (Phi) is 6.45. The number of H-pyrrole nitrogens is 1. The van der Waals surface area contributed by atoms with E-state index in [2.05, 4.69) is 34.1 Å². The number of nitrogens with zero attached hydrogens (tertiary/aromatic N) is 2. The first-order chi connectivity index (χ1) is 13.0. The van der Waals surface area contributed by atoms with Crippen LogP contribution >= 0.6 is 0 Å². The van der Waals surface area contributed by atoms with Crippen LogP contribution in [0.5, 0.6) is 0 Å². The lowest BCUT2D eigenvalue weighted by molar-refractivity contribution is 0.0759. The maximum absolute atomic E-state index is 12.9. The number of aryl methyl sites for hydroxylation is 3. The van der Waals surface area contributed by atoms with Crippen molar-refractivity contribution < 1.29 is 4.79 Å². The van der Waals surface area contributed by atoms with Gasteiger partial charge in [-0.15, -0.1) is 0 Å². The topological polar surface area (TPSA) is 56.4 Å². The summed E-state index contributed by atoms with van der Waals surface area (Å²) in [5, 5.41) is 0. The van der Waals surface area contributed by atoms with E-state index in [4.69, 9.17) is 0 Å². The van der Waals surface area contributed by atoms with Gasteiger partial charge in [-0.2, -0.15) is 0 Å². The number of carbonyl (C=O) groups is 1. The Hall–Kier alpha value is -2.40. The highest BCUT2D eigenvalue weighted by Gasteiger charge is 2.23. The van der Waals surface area contributed by atoms with Crippen LogP contribution in [0.4, 0.5) is 0 Å². The molecule has 0 aliphatic carbocycles. The zero-order valence-electron chi connectivity index (χ0n) is 16.3. The van der Waals surface area contributed by atoms with Gasteiger partial charge in [-0.1, -0.05) is 30.3 Å². The number of aromatic nitrogens is 1. The Balaban J connectivity index is 1.55. The fourth-order valence-electron chi connectivity index (χ4n) is 3.82. The Bertz CT molecular complexity index is 829. The van der Waals surface area contributed by atoms with Crippen LogP contribution in [0.2, 0.25) is 0 Å². The van der Waals surface area contributed by atoms with E-state index >= 15 is 0 Å². The molecule has 27 heavy (non-hydrogen) atoms. The van der Waals surface area contributed by atoms with E-state index in [-0.39, 0.29) is 16.9 Å². The molecule has 0 atom stereocenters. The quantitative estimate of drug-likeness (QED) is 0.884. The van der Waals surface area contributed by atoms with Crippen LogP contribution in [-0.2, 0) is 6.42 Å². The first kappa shape index (κ1) is 19.4. The highest BCUT2D eigenvalue weighted by Crippen LogP contribution is 2.11. The fraction of sp³-hybridized carbons (Fsp3) is 0.455. The molecule has 2 heterocycles. The molecule has 1 aromatic carbocycles. The first-order valence-corrected chi connectivity index (χ1v) is 9.80. The van der Waals surface area contributed by atoms with Crippen molar-refractivity contribution in [3.8, 4) is 0 Å². The van der Waals surface area contributed by atoms with Crippen LogP contribution in [0.3, 0.4) is 0 Å². The van der Waals surface area contributed by atoms with Gasteiger partial charge in [0.2, 0.25) is 0 Å². The summed E-state index contributed by atoms with van der Waals surface area (Å²) in [6.45, 7) is 7.93. The Morgan fingerprint density at radius 3 is 2.59 bits per heavy atom. The lowest BCUT2D eigenvalue weighted by Gasteiger charge is -2.22. The van der Waals surface area contributed by atoms with Gasteiger partial charge in [0.05, 0.1) is 0 Å². The molecule has 1 saturated heterocycles. The summed E-state index contributed by atoms with van der Waals surface area (Å²) in [5.74, 6) is -0.139. The van der Waals surface area contributed by atoms with Crippen molar-refractivity contribution in [2.24, 2.45) is 0 Å². The molecule has 1 N–H and O–H groups in total. The van der Waals surface area contributed by atoms with Gasteiger partial charge in [0.15, 0.2) is 5.43 Å². The van der Waals surface area contributed by atoms with Crippen molar-refractivity contribution in [2.75, 3.05) is 32.7 Å². The Morgan fingerprint density at radius 2 is 1.85 bits per heavy atom. The fourth-order valence-corrected chi connectivity index (χ4v) is 3.82. The second-order valence-electron chi connectivity index (χ2n) is 7.39. The number of benzene rings is 1. The van der Waals surface area contributed by atoms with Crippen molar-refractivity contribution in [3.05, 3.63) is 69.1 Å². The molecule has 0 saturated carbocycles. The third-order valence-electron chi connectivity index (χ3n) is 5.23. The second-order valence-corrected chi connectivity index (χ2v) is 7.39. The number of amides is 1. The molecule has 0 spiro atoms. The smallest absolute Gasteiger partial charge is 0.259 e. The van der Waals surface area contributed by atoms with Gasteiger partial charge < -0.3 is 14.8 Å². The summed E-state index contributed by atoms with van der Waals surface area (Å²) in [6.07, 6.45) is 3.15. The number of nitrogens with one attached hydrogen (secondary N) is 1. The minimum Gasteiger partial charge on any atom is -0.362 e. The third-order valence-corrected chi connectivity index (χ3v) is 5.23. The third kappa shape index (κ3) is 5.07. The number of pyridine rings is 1. The van der Waals surface area contributed by atoms with Crippen molar-refractivity contribution in [1.82, 2.24) is 14.8 Å². The standard InChI is InChI=1S/C22H29N3O2/c1-17-16-20(26)21(18(2)23-17)22(27)25-13-7-12-24(14-15-25)11-6-10-19-8-4-3-5-9-19/h3-5,8-9,16H,6-7,10-15H2,1-2H3,(H,23,26). The van der Waals surface area contributed by atoms with Crippen LogP contribution in [-0.4, -0.2) is 53.4 Å². The number of aromatic amines is 1. The van der Waals surface area contributed by atoms with Crippen molar-refractivity contribution in [2.45, 2.75) is 33.1 Å². The predicted octanol–water partition coefficient (Wildman–Crippen LogP) is 2.77. The molecule has 144 valence electrons. The molecule has 5 nitrogen and oxygen atoms in total. The number of carbonyl (C=O) groups excluding carboxylic acids is 1. The minimum absolute atomic E-state index is 0.139. The molecular formula is C22H29N3O2. The van der Waals surface area contributed by atoms with Gasteiger partial charge in [0.25, 0.3) is 5.91 Å². The predicted molar refractivity (Wildman–Crippen MR) is 108 cm³/mol. The molecule has 1 aliphatic heterocycles. The van der Waals surface area contributed by atoms with E-state index in [1.807, 2.05) is 17.9 Å². The second kappa shape index (κ2) is 9.00. The van der Waals surface area contributed by atoms with Gasteiger partial charge in [-0.25, -0.2) is 0 Å². The van der Waals surface area contributed by atoms with E-state index in [1.54, 1.807) is 6.92 Å². The Labute approximate surface area is 161 Å². The van der Waals surface area contributed by atoms with E-state index in [1.165, 1.54) is 11.6 Å². The molecule has 1 amide bonds. The van der Waals surface area contributed by atoms with E-state index in [0.29, 0.717) is 18.8 Å². The monoisotopic (exact) mass is 367 g/mol. The molecule has 2 aromatic rings. The number of hydrogen-bond donors (Lipinski definition) is 1. The molecule has 0 unspecified atom stereocenters. The maximum Gasteiger partial charge on any atom is 0.259 e. The van der Waals surface area contributed by atoms with Crippen molar-refractivity contribution in [1.29, 1.82) is 0 Å². The Morgan fingerprint density at radius 1 is 1.07 bits per heavy atom. The van der Waals surface area contributed by atoms with E-state index < -0.39 is 0 Å². The van der Waals surface area contributed by atoms with Crippen LogP contribution in [0.15, 0.2) is 41.2 Å². The highest BCUT2D eigenvalue weighted by atomic mass is 16.2. The number of rotatable bonds is 5. The highest BCUT2D eigenvalue weighted by molar-refractivity contribution is 5.95. The van der Waals surface area contributed by atoms with Gasteiger partial charge in [0.1, 0.15) is 5.56 Å². The summed E-state index contributed by atoms with van der Waals surface area (Å²) in [5.41, 5.74) is 2.93. The van der Waals surface area contributed by atoms with E-state index in [0.717, 1.165) is 44.6 Å². The van der Waals surface area contributed by atoms with Crippen molar-refractivity contribution >= 4 is 5.91 Å². The van der Waals surface area contributed by atoms with E-state index in [9.17, 15) is 9.59 Å². The average Bonchev–Trinajstić information content (AvgIpc) is 2.87. The summed E-state index contributed by atoms with van der Waals surface area (Å²) in [4.78, 5) is 32.6. The van der Waals surface area contributed by atoms with Gasteiger partial charge >= 0.3 is 0 Å². The lowest BCUT2D eigenvalue weighted by atomic mass is 10.1. The molecule has 0 radical (unpaired) electrons. The largest absolute Gasteiger partial charge is 0.362 e.